The number of nitrogens with zero attached hydrogens (tertiary/aromatic N) is 1. The SMILES string of the molecule is O=C1C=C(Br)C(=O)C2=C1[C@@H](c1cccc(F)c1O)C1=CC[C@@H]3C(=O)N(c4ccc(Cl)cc4)C(=O)[C@@H]3[C@@H]1C2. The third-order valence-electron chi connectivity index (χ3n) is 7.75. The average molecular weight is 583 g/mol. The zero-order valence-corrected chi connectivity index (χ0v) is 21.4. The smallest absolute Gasteiger partial charge is 0.238 e. The normalized spacial score (nSPS) is 27.1. The van der Waals surface area contributed by atoms with Gasteiger partial charge in [0.05, 0.1) is 22.0 Å². The summed E-state index contributed by atoms with van der Waals surface area (Å²) < 4.78 is 14.5. The number of anilines is 1. The third kappa shape index (κ3) is 3.49. The van der Waals surface area contributed by atoms with Gasteiger partial charge in [-0.25, -0.2) is 4.39 Å². The van der Waals surface area contributed by atoms with Crippen LogP contribution in [0.25, 0.3) is 0 Å². The molecule has 37 heavy (non-hydrogen) atoms. The topological polar surface area (TPSA) is 91.8 Å². The molecule has 6 rings (SSSR count). The lowest BCUT2D eigenvalue weighted by Gasteiger charge is -2.42. The number of benzene rings is 2. The summed E-state index contributed by atoms with van der Waals surface area (Å²) in [4.78, 5) is 54.7. The van der Waals surface area contributed by atoms with E-state index in [1.165, 1.54) is 18.2 Å². The van der Waals surface area contributed by atoms with Crippen molar-refractivity contribution in [1.82, 2.24) is 0 Å². The van der Waals surface area contributed by atoms with Crippen LogP contribution < -0.4 is 4.90 Å². The number of imide groups is 1. The Morgan fingerprint density at radius 1 is 1.00 bits per heavy atom. The number of aromatic hydroxyl groups is 1. The van der Waals surface area contributed by atoms with Crippen LogP contribution >= 0.6 is 27.5 Å². The number of carbonyl (C=O) groups is 4. The number of carbonyl (C=O) groups excluding carboxylic acids is 4. The molecule has 2 aromatic rings. The number of phenols is 1. The van der Waals surface area contributed by atoms with Crippen LogP contribution in [-0.4, -0.2) is 28.5 Å². The molecule has 1 N–H and O–H groups in total. The summed E-state index contributed by atoms with van der Waals surface area (Å²) in [5.74, 6) is -5.97. The Hall–Kier alpha value is -3.36. The summed E-state index contributed by atoms with van der Waals surface area (Å²) in [6, 6.07) is 10.4. The van der Waals surface area contributed by atoms with E-state index in [1.807, 2.05) is 6.08 Å². The van der Waals surface area contributed by atoms with Crippen LogP contribution in [0.1, 0.15) is 24.3 Å². The van der Waals surface area contributed by atoms with Crippen LogP contribution in [0.2, 0.25) is 5.02 Å². The minimum atomic E-state index is -0.925. The highest BCUT2D eigenvalue weighted by Gasteiger charge is 2.56. The van der Waals surface area contributed by atoms with Gasteiger partial charge in [0.1, 0.15) is 0 Å². The summed E-state index contributed by atoms with van der Waals surface area (Å²) in [5.41, 5.74) is 1.55. The first-order valence-electron chi connectivity index (χ1n) is 11.7. The highest BCUT2D eigenvalue weighted by atomic mass is 79.9. The summed E-state index contributed by atoms with van der Waals surface area (Å²) >= 11 is 9.15. The molecule has 6 nitrogen and oxygen atoms in total. The zero-order chi connectivity index (χ0) is 26.2. The maximum atomic E-state index is 14.4. The number of ketones is 2. The second-order valence-corrected chi connectivity index (χ2v) is 10.9. The van der Waals surface area contributed by atoms with Crippen LogP contribution in [0.4, 0.5) is 10.1 Å². The Morgan fingerprint density at radius 2 is 1.73 bits per heavy atom. The number of hydrogen-bond donors (Lipinski definition) is 1. The minimum Gasteiger partial charge on any atom is -0.505 e. The number of allylic oxidation sites excluding steroid dienone is 6. The van der Waals surface area contributed by atoms with Crippen molar-refractivity contribution in [2.24, 2.45) is 17.8 Å². The van der Waals surface area contributed by atoms with Crippen LogP contribution in [-0.2, 0) is 19.2 Å². The first-order chi connectivity index (χ1) is 17.7. The van der Waals surface area contributed by atoms with Gasteiger partial charge in [-0.3, -0.25) is 24.1 Å². The van der Waals surface area contributed by atoms with E-state index >= 15 is 0 Å². The number of phenolic OH excluding ortho intramolecular Hbond substituents is 1. The van der Waals surface area contributed by atoms with Crippen LogP contribution in [0, 0.1) is 23.6 Å². The molecule has 2 aromatic carbocycles. The van der Waals surface area contributed by atoms with Gasteiger partial charge in [-0.2, -0.15) is 0 Å². The van der Waals surface area contributed by atoms with Crippen LogP contribution in [0.3, 0.4) is 0 Å². The van der Waals surface area contributed by atoms with Gasteiger partial charge in [0, 0.05) is 33.7 Å². The molecule has 0 radical (unpaired) electrons. The lowest BCUT2D eigenvalue weighted by Crippen LogP contribution is -2.39. The standard InChI is InChI=1S/C28H18BrClFNO5/c29-19-11-21(33)24-18(25(19)34)10-17-14(22(24)15-2-1-3-20(31)26(15)35)8-9-16-23(17)28(37)32(27(16)36)13-6-4-12(30)5-7-13/h1-8,11,16-17,22-23,35H,9-10H2/t16-,17+,22+,23-/m0/s1. The fourth-order valence-electron chi connectivity index (χ4n) is 6.17. The predicted octanol–water partition coefficient (Wildman–Crippen LogP) is 5.15. The maximum absolute atomic E-state index is 14.4. The van der Waals surface area contributed by atoms with Crippen molar-refractivity contribution in [1.29, 1.82) is 0 Å². The number of fused-ring (bicyclic) bond motifs is 3. The fourth-order valence-corrected chi connectivity index (χ4v) is 6.74. The Bertz CT molecular complexity index is 1530. The first kappa shape index (κ1) is 24.0. The first-order valence-corrected chi connectivity index (χ1v) is 12.9. The summed E-state index contributed by atoms with van der Waals surface area (Å²) in [7, 11) is 0. The van der Waals surface area contributed by atoms with Gasteiger partial charge < -0.3 is 5.11 Å². The number of para-hydroxylation sites is 1. The molecular weight excluding hydrogens is 565 g/mol. The van der Waals surface area contributed by atoms with Gasteiger partial charge in [-0.15, -0.1) is 0 Å². The molecule has 0 unspecified atom stereocenters. The predicted molar refractivity (Wildman–Crippen MR) is 137 cm³/mol. The van der Waals surface area contributed by atoms with Crippen molar-refractivity contribution in [3.8, 4) is 5.75 Å². The maximum Gasteiger partial charge on any atom is 0.238 e. The van der Waals surface area contributed by atoms with E-state index in [9.17, 15) is 28.7 Å². The van der Waals surface area contributed by atoms with E-state index in [4.69, 9.17) is 11.6 Å². The second kappa shape index (κ2) is 8.60. The van der Waals surface area contributed by atoms with E-state index < -0.39 is 52.7 Å². The van der Waals surface area contributed by atoms with Gasteiger partial charge >= 0.3 is 0 Å². The Morgan fingerprint density at radius 3 is 2.46 bits per heavy atom. The van der Waals surface area contributed by atoms with Crippen molar-refractivity contribution < 1.29 is 28.7 Å². The number of hydrogen-bond acceptors (Lipinski definition) is 5. The van der Waals surface area contributed by atoms with E-state index in [-0.39, 0.29) is 39.9 Å². The molecular formula is C28H18BrClFNO5. The number of amides is 2. The van der Waals surface area contributed by atoms with Gasteiger partial charge in [-0.1, -0.05) is 35.4 Å². The van der Waals surface area contributed by atoms with Crippen molar-refractivity contribution in [2.45, 2.75) is 18.8 Å². The molecule has 0 spiro atoms. The van der Waals surface area contributed by atoms with Crippen molar-refractivity contribution in [3.63, 3.8) is 0 Å². The van der Waals surface area contributed by atoms with Crippen molar-refractivity contribution >= 4 is 56.6 Å². The molecule has 1 aliphatic heterocycles. The molecule has 3 aliphatic carbocycles. The molecule has 1 heterocycles. The lowest BCUT2D eigenvalue weighted by atomic mass is 9.59. The summed E-state index contributed by atoms with van der Waals surface area (Å²) in [5, 5.41) is 11.1. The molecule has 186 valence electrons. The number of halogens is 3. The number of rotatable bonds is 2. The molecule has 0 aromatic heterocycles. The highest BCUT2D eigenvalue weighted by molar-refractivity contribution is 9.12. The van der Waals surface area contributed by atoms with E-state index in [0.717, 1.165) is 11.0 Å². The lowest BCUT2D eigenvalue weighted by molar-refractivity contribution is -0.123. The second-order valence-electron chi connectivity index (χ2n) is 9.56. The van der Waals surface area contributed by atoms with E-state index in [1.54, 1.807) is 24.3 Å². The summed E-state index contributed by atoms with van der Waals surface area (Å²) in [6.45, 7) is 0. The largest absolute Gasteiger partial charge is 0.505 e. The van der Waals surface area contributed by atoms with Gasteiger partial charge in [-0.05, 0) is 65.0 Å². The zero-order valence-electron chi connectivity index (χ0n) is 19.1. The monoisotopic (exact) mass is 581 g/mol. The molecule has 0 bridgehead atoms. The third-order valence-corrected chi connectivity index (χ3v) is 8.59. The molecule has 1 fully saturated rings. The fraction of sp³-hybridized carbons (Fsp3) is 0.214. The highest BCUT2D eigenvalue weighted by Crippen LogP contribution is 2.56. The quantitative estimate of drug-likeness (QED) is 0.300. The molecule has 0 saturated carbocycles. The average Bonchev–Trinajstić information content (AvgIpc) is 3.13. The Kier molecular flexibility index (Phi) is 5.58. The van der Waals surface area contributed by atoms with E-state index in [2.05, 4.69) is 15.9 Å². The molecule has 2 amide bonds. The van der Waals surface area contributed by atoms with Crippen LogP contribution in [0.5, 0.6) is 5.75 Å². The molecule has 1 saturated heterocycles. The van der Waals surface area contributed by atoms with Crippen LogP contribution in [0.15, 0.2) is 75.8 Å². The van der Waals surface area contributed by atoms with Gasteiger partial charge in [0.2, 0.25) is 11.8 Å². The molecule has 4 atom stereocenters. The van der Waals surface area contributed by atoms with Crippen molar-refractivity contribution in [3.05, 3.63) is 92.2 Å². The molecule has 9 heteroatoms. The minimum absolute atomic E-state index is 0.0793. The Balaban J connectivity index is 1.50. The van der Waals surface area contributed by atoms with Gasteiger partial charge in [0.25, 0.3) is 0 Å². The molecule has 4 aliphatic rings. The Labute approximate surface area is 224 Å². The summed E-state index contributed by atoms with van der Waals surface area (Å²) in [6.07, 6.45) is 3.31. The van der Waals surface area contributed by atoms with E-state index in [0.29, 0.717) is 16.3 Å². The van der Waals surface area contributed by atoms with Gasteiger partial charge in [0.15, 0.2) is 23.1 Å². The number of Topliss-reactive ketones (excluding diaryl/α,β-unsaturated/α-hetero) is 1. The van der Waals surface area contributed by atoms with Crippen molar-refractivity contribution in [2.75, 3.05) is 4.90 Å².